The molecule has 0 aliphatic heterocycles. The summed E-state index contributed by atoms with van der Waals surface area (Å²) < 4.78 is 3.96. The van der Waals surface area contributed by atoms with Crippen LogP contribution in [0.15, 0.2) is 29.9 Å². The van der Waals surface area contributed by atoms with Crippen LogP contribution in [-0.2, 0) is 13.6 Å². The molecule has 0 aliphatic carbocycles. The molecule has 0 radical (unpaired) electrons. The number of thiophene rings is 1. The number of aryl methyl sites for hydroxylation is 1. The molecule has 0 spiro atoms. The smallest absolute Gasteiger partial charge is 0.253 e. The molecule has 0 saturated heterocycles. The van der Waals surface area contributed by atoms with Gasteiger partial charge in [0, 0.05) is 6.92 Å². The second-order valence-corrected chi connectivity index (χ2v) is 4.43. The van der Waals surface area contributed by atoms with Crippen molar-refractivity contribution in [2.24, 2.45) is 7.05 Å². The van der Waals surface area contributed by atoms with Gasteiger partial charge in [0.1, 0.15) is 12.4 Å². The second kappa shape index (κ2) is 5.41. The molecule has 5 heteroatoms. The summed E-state index contributed by atoms with van der Waals surface area (Å²) in [7, 11) is 1.97. The lowest BCUT2D eigenvalue weighted by atomic mass is 10.3. The number of rotatable bonds is 3. The van der Waals surface area contributed by atoms with Crippen molar-refractivity contribution in [3.63, 3.8) is 0 Å². The Hall–Kier alpha value is -0.940. The highest BCUT2D eigenvalue weighted by Crippen LogP contribution is 2.10. The summed E-state index contributed by atoms with van der Waals surface area (Å²) >= 11 is 1.49. The third kappa shape index (κ3) is 2.59. The fraction of sp³-hybridized carbons (Fsp3) is 0.273. The van der Waals surface area contributed by atoms with Crippen LogP contribution in [0.25, 0.3) is 0 Å². The number of imidazole rings is 1. The van der Waals surface area contributed by atoms with Crippen LogP contribution in [0.5, 0.6) is 0 Å². The lowest BCUT2D eigenvalue weighted by Crippen LogP contribution is -3.00. The van der Waals surface area contributed by atoms with Crippen LogP contribution >= 0.6 is 11.3 Å². The molecule has 16 heavy (non-hydrogen) atoms. The van der Waals surface area contributed by atoms with Gasteiger partial charge in [-0.3, -0.25) is 4.79 Å². The average molecular weight is 301 g/mol. The molecule has 86 valence electrons. The molecule has 2 aromatic rings. The molecule has 2 rings (SSSR count). The van der Waals surface area contributed by atoms with E-state index in [2.05, 4.69) is 0 Å². The zero-order chi connectivity index (χ0) is 10.8. The highest BCUT2D eigenvalue weighted by atomic mass is 79.9. The number of aromatic nitrogens is 2. The van der Waals surface area contributed by atoms with Gasteiger partial charge in [0.25, 0.3) is 5.82 Å². The first-order chi connectivity index (χ1) is 7.18. The number of Topliss-reactive ketones (excluding diaryl/α,β-unsaturated/α-hetero) is 1. The lowest BCUT2D eigenvalue weighted by Gasteiger charge is -1.96. The van der Waals surface area contributed by atoms with Crippen LogP contribution in [0.3, 0.4) is 0 Å². The standard InChI is InChI=1S/C11H13N2OS.BrH/c1-9-12(2)5-6-13(9)8-10(14)11-4-3-7-15-11;/h3-7H,8H2,1-2H3;1H/q+1;/p-1. The van der Waals surface area contributed by atoms with E-state index in [-0.39, 0.29) is 22.8 Å². The Morgan fingerprint density at radius 1 is 1.56 bits per heavy atom. The Labute approximate surface area is 109 Å². The highest BCUT2D eigenvalue weighted by Gasteiger charge is 2.14. The van der Waals surface area contributed by atoms with Crippen LogP contribution in [0, 0.1) is 6.92 Å². The van der Waals surface area contributed by atoms with Crippen molar-refractivity contribution < 1.29 is 26.3 Å². The molecule has 0 unspecified atom stereocenters. The largest absolute Gasteiger partial charge is 1.00 e. The number of halogens is 1. The van der Waals surface area contributed by atoms with Crippen LogP contribution in [-0.4, -0.2) is 10.4 Å². The zero-order valence-electron chi connectivity index (χ0n) is 9.18. The number of hydrogen-bond acceptors (Lipinski definition) is 2. The number of carbonyl (C=O) groups is 1. The van der Waals surface area contributed by atoms with Crippen LogP contribution in [0.4, 0.5) is 0 Å². The number of hydrogen-bond donors (Lipinski definition) is 0. The van der Waals surface area contributed by atoms with E-state index >= 15 is 0 Å². The first kappa shape index (κ1) is 13.1. The molecule has 0 atom stereocenters. The van der Waals surface area contributed by atoms with Gasteiger partial charge in [0.2, 0.25) is 5.78 Å². The predicted octanol–water partition coefficient (Wildman–Crippen LogP) is -1.43. The summed E-state index contributed by atoms with van der Waals surface area (Å²) in [5, 5.41) is 1.93. The van der Waals surface area contributed by atoms with E-state index in [1.807, 2.05) is 53.0 Å². The maximum Gasteiger partial charge on any atom is 0.253 e. The van der Waals surface area contributed by atoms with Crippen molar-refractivity contribution in [1.29, 1.82) is 0 Å². The van der Waals surface area contributed by atoms with Gasteiger partial charge < -0.3 is 17.0 Å². The Morgan fingerprint density at radius 2 is 2.31 bits per heavy atom. The van der Waals surface area contributed by atoms with Gasteiger partial charge in [-0.1, -0.05) is 6.07 Å². The molecule has 0 amide bonds. The van der Waals surface area contributed by atoms with Crippen molar-refractivity contribution in [1.82, 2.24) is 4.57 Å². The van der Waals surface area contributed by atoms with Gasteiger partial charge in [0.05, 0.1) is 11.9 Å². The van der Waals surface area contributed by atoms with E-state index in [0.29, 0.717) is 6.54 Å². The topological polar surface area (TPSA) is 25.9 Å². The lowest BCUT2D eigenvalue weighted by molar-refractivity contribution is -0.677. The fourth-order valence-electron chi connectivity index (χ4n) is 1.44. The van der Waals surface area contributed by atoms with E-state index in [4.69, 9.17) is 0 Å². The highest BCUT2D eigenvalue weighted by molar-refractivity contribution is 7.12. The molecule has 2 aromatic heterocycles. The Balaban J connectivity index is 0.00000128. The summed E-state index contributed by atoms with van der Waals surface area (Å²) in [5.74, 6) is 1.25. The average Bonchev–Trinajstić information content (AvgIpc) is 2.83. The molecule has 0 bridgehead atoms. The molecule has 0 fully saturated rings. The van der Waals surface area contributed by atoms with Crippen molar-refractivity contribution >= 4 is 17.1 Å². The summed E-state index contributed by atoms with van der Waals surface area (Å²) in [6.07, 6.45) is 3.89. The maximum absolute atomic E-state index is 11.8. The van der Waals surface area contributed by atoms with E-state index < -0.39 is 0 Å². The number of nitrogens with zero attached hydrogens (tertiary/aromatic N) is 2. The summed E-state index contributed by atoms with van der Waals surface area (Å²) in [6, 6.07) is 3.77. The fourth-order valence-corrected chi connectivity index (χ4v) is 2.09. The van der Waals surface area contributed by atoms with Crippen LogP contribution in [0.2, 0.25) is 0 Å². The van der Waals surface area contributed by atoms with Gasteiger partial charge >= 0.3 is 0 Å². The van der Waals surface area contributed by atoms with Gasteiger partial charge in [-0.25, -0.2) is 9.13 Å². The predicted molar refractivity (Wildman–Crippen MR) is 59.0 cm³/mol. The second-order valence-electron chi connectivity index (χ2n) is 3.48. The molecule has 3 nitrogen and oxygen atoms in total. The summed E-state index contributed by atoms with van der Waals surface area (Å²) in [5.41, 5.74) is 0. The van der Waals surface area contributed by atoms with Gasteiger partial charge in [-0.05, 0) is 11.4 Å². The van der Waals surface area contributed by atoms with E-state index in [1.54, 1.807) is 0 Å². The van der Waals surface area contributed by atoms with E-state index in [9.17, 15) is 4.79 Å². The minimum absolute atomic E-state index is 0. The monoisotopic (exact) mass is 300 g/mol. The molecular weight excluding hydrogens is 288 g/mol. The first-order valence-electron chi connectivity index (χ1n) is 4.76. The van der Waals surface area contributed by atoms with Crippen molar-refractivity contribution in [3.8, 4) is 0 Å². The van der Waals surface area contributed by atoms with E-state index in [1.165, 1.54) is 11.3 Å². The normalized spacial score (nSPS) is 9.88. The first-order valence-corrected chi connectivity index (χ1v) is 5.64. The number of carbonyl (C=O) groups excluding carboxylic acids is 1. The zero-order valence-corrected chi connectivity index (χ0v) is 11.6. The molecule has 0 N–H and O–H groups in total. The van der Waals surface area contributed by atoms with Crippen molar-refractivity contribution in [2.75, 3.05) is 0 Å². The molecule has 0 saturated carbocycles. The van der Waals surface area contributed by atoms with Gasteiger partial charge in [0.15, 0.2) is 6.54 Å². The Bertz CT molecular complexity index is 476. The SMILES string of the molecule is Cc1n(CC(=O)c2cccs2)cc[n+]1C.[Br-]. The third-order valence-corrected chi connectivity index (χ3v) is 3.42. The van der Waals surface area contributed by atoms with Crippen molar-refractivity contribution in [2.45, 2.75) is 13.5 Å². The molecule has 2 heterocycles. The Kier molecular flexibility index (Phi) is 4.44. The quantitative estimate of drug-likeness (QED) is 0.504. The maximum atomic E-state index is 11.8. The third-order valence-electron chi connectivity index (χ3n) is 2.51. The minimum atomic E-state index is 0. The van der Waals surface area contributed by atoms with Gasteiger partial charge in [-0.15, -0.1) is 11.3 Å². The Morgan fingerprint density at radius 3 is 2.81 bits per heavy atom. The number of ketones is 1. The minimum Gasteiger partial charge on any atom is -1.00 e. The molecule has 0 aromatic carbocycles. The van der Waals surface area contributed by atoms with Crippen LogP contribution in [0.1, 0.15) is 15.5 Å². The van der Waals surface area contributed by atoms with E-state index in [0.717, 1.165) is 10.7 Å². The van der Waals surface area contributed by atoms with Crippen LogP contribution < -0.4 is 21.5 Å². The molecular formula is C11H13BrN2OS. The van der Waals surface area contributed by atoms with Gasteiger partial charge in [-0.2, -0.15) is 0 Å². The summed E-state index contributed by atoms with van der Waals surface area (Å²) in [4.78, 5) is 12.6. The molecule has 0 aliphatic rings. The van der Waals surface area contributed by atoms with Crippen molar-refractivity contribution in [3.05, 3.63) is 40.6 Å². The summed E-state index contributed by atoms with van der Waals surface area (Å²) in [6.45, 7) is 2.43.